The van der Waals surface area contributed by atoms with Crippen LogP contribution in [0.2, 0.25) is 0 Å². The number of aromatic nitrogens is 2. The zero-order valence-corrected chi connectivity index (χ0v) is 12.6. The quantitative estimate of drug-likeness (QED) is 0.851. The summed E-state index contributed by atoms with van der Waals surface area (Å²) in [5.41, 5.74) is -0.357. The van der Waals surface area contributed by atoms with Gasteiger partial charge in [-0.3, -0.25) is 4.79 Å². The van der Waals surface area contributed by atoms with Gasteiger partial charge in [-0.05, 0) is 0 Å². The molecule has 100 valence electrons. The van der Waals surface area contributed by atoms with Crippen LogP contribution in [-0.4, -0.2) is 33.2 Å². The first-order valence-corrected chi connectivity index (χ1v) is 8.22. The summed E-state index contributed by atoms with van der Waals surface area (Å²) in [5.74, 6) is 4.65. The monoisotopic (exact) mass is 286 g/mol. The van der Waals surface area contributed by atoms with Gasteiger partial charge in [-0.2, -0.15) is 16.7 Å². The molecule has 4 nitrogen and oxygen atoms in total. The summed E-state index contributed by atoms with van der Waals surface area (Å²) in [4.78, 5) is 16.2. The molecule has 1 aromatic rings. The first kappa shape index (κ1) is 13.9. The second-order valence-corrected chi connectivity index (χ2v) is 7.79. The summed E-state index contributed by atoms with van der Waals surface area (Å²) < 4.78 is 5.18. The maximum atomic E-state index is 11.9. The number of carbonyl (C=O) groups excluding carboxylic acids is 1. The van der Waals surface area contributed by atoms with Crippen LogP contribution in [0.3, 0.4) is 0 Å². The van der Waals surface area contributed by atoms with Crippen molar-refractivity contribution in [1.82, 2.24) is 10.1 Å². The smallest absolute Gasteiger partial charge is 0.234 e. The molecule has 0 spiro atoms. The molecule has 1 aliphatic rings. The molecule has 0 aliphatic carbocycles. The Morgan fingerprint density at radius 2 is 2.22 bits per heavy atom. The van der Waals surface area contributed by atoms with E-state index in [2.05, 4.69) is 10.1 Å². The van der Waals surface area contributed by atoms with Crippen LogP contribution in [0.1, 0.15) is 37.7 Å². The third-order valence-electron chi connectivity index (χ3n) is 2.74. The Labute approximate surface area is 116 Å². The van der Waals surface area contributed by atoms with E-state index >= 15 is 0 Å². The third-order valence-corrected chi connectivity index (χ3v) is 5.49. The molecule has 2 rings (SSSR count). The van der Waals surface area contributed by atoms with E-state index in [4.69, 9.17) is 4.52 Å². The minimum Gasteiger partial charge on any atom is -0.339 e. The fourth-order valence-electron chi connectivity index (χ4n) is 1.51. The number of Topliss-reactive ketones (excluding diaryl/α,β-unsaturated/α-hetero) is 1. The van der Waals surface area contributed by atoms with E-state index < -0.39 is 0 Å². The van der Waals surface area contributed by atoms with Gasteiger partial charge in [0.1, 0.15) is 5.78 Å². The minimum atomic E-state index is -0.357. The minimum absolute atomic E-state index is 0.128. The fraction of sp³-hybridized carbons (Fsp3) is 0.750. The van der Waals surface area contributed by atoms with E-state index in [9.17, 15) is 4.79 Å². The summed E-state index contributed by atoms with van der Waals surface area (Å²) >= 11 is 3.78. The summed E-state index contributed by atoms with van der Waals surface area (Å²) in [6.07, 6.45) is 0.237. The van der Waals surface area contributed by atoms with Crippen molar-refractivity contribution in [2.24, 2.45) is 5.41 Å². The third kappa shape index (κ3) is 3.51. The van der Waals surface area contributed by atoms with Crippen LogP contribution in [-0.2, 0) is 11.2 Å². The highest BCUT2D eigenvalue weighted by Gasteiger charge is 2.26. The van der Waals surface area contributed by atoms with Crippen LogP contribution in [0, 0.1) is 5.41 Å². The molecule has 18 heavy (non-hydrogen) atoms. The number of hydrogen-bond acceptors (Lipinski definition) is 6. The first-order chi connectivity index (χ1) is 8.47. The Kier molecular flexibility index (Phi) is 4.37. The predicted molar refractivity (Wildman–Crippen MR) is 75.0 cm³/mol. The Balaban J connectivity index is 1.99. The molecule has 0 radical (unpaired) electrons. The Morgan fingerprint density at radius 1 is 1.44 bits per heavy atom. The number of nitrogens with zero attached hydrogens (tertiary/aromatic N) is 2. The number of carbonyl (C=O) groups is 1. The van der Waals surface area contributed by atoms with E-state index in [1.807, 2.05) is 44.3 Å². The molecular weight excluding hydrogens is 268 g/mol. The molecule has 0 aromatic carbocycles. The van der Waals surface area contributed by atoms with Crippen LogP contribution >= 0.6 is 23.5 Å². The van der Waals surface area contributed by atoms with E-state index in [0.29, 0.717) is 11.1 Å². The van der Waals surface area contributed by atoms with Gasteiger partial charge in [0, 0.05) is 22.7 Å². The van der Waals surface area contributed by atoms with Crippen LogP contribution in [0.5, 0.6) is 0 Å². The second kappa shape index (κ2) is 5.65. The average Bonchev–Trinajstić information content (AvgIpc) is 2.77. The lowest BCUT2D eigenvalue weighted by Crippen LogP contribution is -2.22. The van der Waals surface area contributed by atoms with Crippen LogP contribution in [0.25, 0.3) is 0 Å². The summed E-state index contributed by atoms with van der Waals surface area (Å²) in [6, 6.07) is 0. The Morgan fingerprint density at radius 3 is 2.83 bits per heavy atom. The number of thioether (sulfide) groups is 2. The summed E-state index contributed by atoms with van der Waals surface area (Å²) in [5, 5.41) is 4.31. The normalized spacial score (nSPS) is 20.9. The van der Waals surface area contributed by atoms with Crippen molar-refractivity contribution in [3.63, 3.8) is 0 Å². The van der Waals surface area contributed by atoms with E-state index in [1.165, 1.54) is 5.75 Å². The maximum absolute atomic E-state index is 11.9. The highest BCUT2D eigenvalue weighted by molar-refractivity contribution is 8.06. The lowest BCUT2D eigenvalue weighted by molar-refractivity contribution is -0.125. The SMILES string of the molecule is CC(C)(C)C(=O)Cc1nc(C2CSCCS2)no1. The van der Waals surface area contributed by atoms with Gasteiger partial charge in [0.2, 0.25) is 5.89 Å². The van der Waals surface area contributed by atoms with Crippen molar-refractivity contribution >= 4 is 29.3 Å². The second-order valence-electron chi connectivity index (χ2n) is 5.33. The molecule has 1 saturated heterocycles. The summed E-state index contributed by atoms with van der Waals surface area (Å²) in [7, 11) is 0. The van der Waals surface area contributed by atoms with Crippen molar-refractivity contribution in [2.75, 3.05) is 17.3 Å². The molecule has 0 N–H and O–H groups in total. The summed E-state index contributed by atoms with van der Waals surface area (Å²) in [6.45, 7) is 5.71. The molecule has 0 amide bonds. The van der Waals surface area contributed by atoms with Crippen LogP contribution in [0.4, 0.5) is 0 Å². The molecular formula is C12H18N2O2S2. The number of ketones is 1. The number of rotatable bonds is 3. The molecule has 2 heterocycles. The van der Waals surface area contributed by atoms with Gasteiger partial charge in [0.25, 0.3) is 0 Å². The van der Waals surface area contributed by atoms with Gasteiger partial charge in [-0.25, -0.2) is 0 Å². The van der Waals surface area contributed by atoms with E-state index in [1.54, 1.807) is 0 Å². The molecule has 1 fully saturated rings. The average molecular weight is 286 g/mol. The van der Waals surface area contributed by atoms with Crippen molar-refractivity contribution in [2.45, 2.75) is 32.4 Å². The van der Waals surface area contributed by atoms with Gasteiger partial charge >= 0.3 is 0 Å². The van der Waals surface area contributed by atoms with Gasteiger partial charge in [0.05, 0.1) is 11.7 Å². The first-order valence-electron chi connectivity index (χ1n) is 6.02. The fourth-order valence-corrected chi connectivity index (χ4v) is 4.10. The zero-order chi connectivity index (χ0) is 13.2. The Bertz CT molecular complexity index is 420. The highest BCUT2D eigenvalue weighted by Crippen LogP contribution is 2.35. The van der Waals surface area contributed by atoms with Crippen LogP contribution in [0.15, 0.2) is 4.52 Å². The van der Waals surface area contributed by atoms with Crippen molar-refractivity contribution in [3.8, 4) is 0 Å². The van der Waals surface area contributed by atoms with E-state index in [-0.39, 0.29) is 17.6 Å². The standard InChI is InChI=1S/C12H18N2O2S2/c1-12(2,3)9(15)6-10-13-11(14-16-10)8-7-17-4-5-18-8/h8H,4-7H2,1-3H3. The molecule has 0 saturated carbocycles. The van der Waals surface area contributed by atoms with Gasteiger partial charge in [0.15, 0.2) is 5.82 Å². The molecule has 1 unspecified atom stereocenters. The van der Waals surface area contributed by atoms with Crippen molar-refractivity contribution in [1.29, 1.82) is 0 Å². The zero-order valence-electron chi connectivity index (χ0n) is 10.9. The van der Waals surface area contributed by atoms with Crippen LogP contribution < -0.4 is 0 Å². The molecule has 1 aliphatic heterocycles. The molecule has 0 bridgehead atoms. The molecule has 1 aromatic heterocycles. The highest BCUT2D eigenvalue weighted by atomic mass is 32.2. The predicted octanol–water partition coefficient (Wildman–Crippen LogP) is 2.75. The van der Waals surface area contributed by atoms with Crippen molar-refractivity contribution in [3.05, 3.63) is 11.7 Å². The molecule has 6 heteroatoms. The Hall–Kier alpha value is -0.490. The van der Waals surface area contributed by atoms with Gasteiger partial charge in [-0.1, -0.05) is 25.9 Å². The maximum Gasteiger partial charge on any atom is 0.234 e. The van der Waals surface area contributed by atoms with Gasteiger partial charge in [-0.15, -0.1) is 11.8 Å². The topological polar surface area (TPSA) is 56.0 Å². The van der Waals surface area contributed by atoms with Gasteiger partial charge < -0.3 is 4.52 Å². The van der Waals surface area contributed by atoms with E-state index in [0.717, 1.165) is 17.3 Å². The lowest BCUT2D eigenvalue weighted by Gasteiger charge is -2.17. The lowest BCUT2D eigenvalue weighted by atomic mass is 9.89. The largest absolute Gasteiger partial charge is 0.339 e. The van der Waals surface area contributed by atoms with Crippen molar-refractivity contribution < 1.29 is 9.32 Å². The molecule has 1 atom stereocenters. The number of hydrogen-bond donors (Lipinski definition) is 0.